The minimum absolute atomic E-state index is 0.0539. The van der Waals surface area contributed by atoms with Crippen molar-refractivity contribution in [2.45, 2.75) is 19.8 Å². The third-order valence-corrected chi connectivity index (χ3v) is 3.91. The van der Waals surface area contributed by atoms with Gasteiger partial charge in [-0.15, -0.1) is 0 Å². The Kier molecular flexibility index (Phi) is 5.14. The lowest BCUT2D eigenvalue weighted by Gasteiger charge is -2.32. The molecule has 1 aliphatic heterocycles. The van der Waals surface area contributed by atoms with Crippen molar-refractivity contribution in [3.05, 3.63) is 17.7 Å². The van der Waals surface area contributed by atoms with Crippen LogP contribution < -0.4 is 5.32 Å². The molecule has 1 aromatic heterocycles. The van der Waals surface area contributed by atoms with Gasteiger partial charge < -0.3 is 19.9 Å². The standard InChI is InChI=1S/C14H24N4O2/c1-11-13(17(2)10-16-11)14(20)15-8-12-4-3-5-18(9-12)6-7-19/h10,12,19H,3-9H2,1-2H3,(H,15,20). The van der Waals surface area contributed by atoms with Gasteiger partial charge in [-0.25, -0.2) is 4.98 Å². The number of aryl methyl sites for hydroxylation is 2. The van der Waals surface area contributed by atoms with Gasteiger partial charge >= 0.3 is 0 Å². The zero-order valence-electron chi connectivity index (χ0n) is 12.3. The summed E-state index contributed by atoms with van der Waals surface area (Å²) in [5.41, 5.74) is 1.39. The Morgan fingerprint density at radius 2 is 2.40 bits per heavy atom. The normalized spacial score (nSPS) is 20.1. The van der Waals surface area contributed by atoms with Gasteiger partial charge in [0, 0.05) is 26.7 Å². The van der Waals surface area contributed by atoms with E-state index in [1.165, 1.54) is 0 Å². The third-order valence-electron chi connectivity index (χ3n) is 3.91. The highest BCUT2D eigenvalue weighted by Gasteiger charge is 2.21. The Morgan fingerprint density at radius 3 is 3.05 bits per heavy atom. The van der Waals surface area contributed by atoms with E-state index in [-0.39, 0.29) is 12.5 Å². The molecule has 0 aromatic carbocycles. The van der Waals surface area contributed by atoms with Gasteiger partial charge in [-0.05, 0) is 32.2 Å². The van der Waals surface area contributed by atoms with Gasteiger partial charge in [-0.3, -0.25) is 4.79 Å². The summed E-state index contributed by atoms with van der Waals surface area (Å²) >= 11 is 0. The average Bonchev–Trinajstić information content (AvgIpc) is 2.76. The largest absolute Gasteiger partial charge is 0.395 e. The van der Waals surface area contributed by atoms with Crippen LogP contribution in [0.5, 0.6) is 0 Å². The van der Waals surface area contributed by atoms with Gasteiger partial charge in [0.25, 0.3) is 5.91 Å². The summed E-state index contributed by atoms with van der Waals surface area (Å²) in [6.45, 7) is 5.46. The van der Waals surface area contributed by atoms with Gasteiger partial charge in [-0.2, -0.15) is 0 Å². The maximum atomic E-state index is 12.2. The van der Waals surface area contributed by atoms with E-state index < -0.39 is 0 Å². The summed E-state index contributed by atoms with van der Waals surface area (Å²) in [6.07, 6.45) is 3.92. The van der Waals surface area contributed by atoms with Gasteiger partial charge in [0.2, 0.25) is 0 Å². The lowest BCUT2D eigenvalue weighted by atomic mass is 9.98. The Morgan fingerprint density at radius 1 is 1.60 bits per heavy atom. The first-order valence-electron chi connectivity index (χ1n) is 7.21. The van der Waals surface area contributed by atoms with Crippen LogP contribution in [-0.2, 0) is 7.05 Å². The quantitative estimate of drug-likeness (QED) is 0.806. The van der Waals surface area contributed by atoms with Crippen LogP contribution in [0, 0.1) is 12.8 Å². The van der Waals surface area contributed by atoms with Crippen LogP contribution in [0.1, 0.15) is 29.0 Å². The van der Waals surface area contributed by atoms with Crippen molar-refractivity contribution in [2.75, 3.05) is 32.8 Å². The number of carbonyl (C=O) groups is 1. The van der Waals surface area contributed by atoms with Crippen LogP contribution in [0.25, 0.3) is 0 Å². The molecule has 0 spiro atoms. The smallest absolute Gasteiger partial charge is 0.269 e. The van der Waals surface area contributed by atoms with Gasteiger partial charge in [0.1, 0.15) is 5.69 Å². The summed E-state index contributed by atoms with van der Waals surface area (Å²) in [7, 11) is 1.83. The molecule has 2 rings (SSSR count). The molecule has 20 heavy (non-hydrogen) atoms. The number of carbonyl (C=O) groups excluding carboxylic acids is 1. The number of nitrogens with zero attached hydrogens (tertiary/aromatic N) is 3. The predicted octanol–water partition coefficient (Wildman–Crippen LogP) is 0.163. The minimum atomic E-state index is -0.0539. The van der Waals surface area contributed by atoms with Crippen LogP contribution in [0.4, 0.5) is 0 Å². The molecular formula is C14H24N4O2. The highest BCUT2D eigenvalue weighted by atomic mass is 16.3. The molecule has 1 saturated heterocycles. The topological polar surface area (TPSA) is 70.4 Å². The summed E-state index contributed by atoms with van der Waals surface area (Å²) in [6, 6.07) is 0. The van der Waals surface area contributed by atoms with Crippen molar-refractivity contribution in [3.8, 4) is 0 Å². The monoisotopic (exact) mass is 280 g/mol. The predicted molar refractivity (Wildman–Crippen MR) is 76.5 cm³/mol. The number of imidazole rings is 1. The molecule has 0 aliphatic carbocycles. The number of nitrogens with one attached hydrogen (secondary N) is 1. The second-order valence-electron chi connectivity index (χ2n) is 5.53. The molecule has 6 heteroatoms. The lowest BCUT2D eigenvalue weighted by molar-refractivity contribution is 0.0916. The first-order valence-corrected chi connectivity index (χ1v) is 7.21. The Bertz CT molecular complexity index is 437. The van der Waals surface area contributed by atoms with Gasteiger partial charge in [0.05, 0.1) is 18.6 Å². The SMILES string of the molecule is Cc1ncn(C)c1C(=O)NCC1CCCN(CCO)C1. The number of piperidine rings is 1. The Balaban J connectivity index is 1.84. The van der Waals surface area contributed by atoms with E-state index in [0.717, 1.165) is 38.2 Å². The fraction of sp³-hybridized carbons (Fsp3) is 0.714. The summed E-state index contributed by atoms with van der Waals surface area (Å²) in [4.78, 5) is 18.6. The molecule has 1 aromatic rings. The van der Waals surface area contributed by atoms with Crippen LogP contribution in [-0.4, -0.2) is 58.3 Å². The molecule has 6 nitrogen and oxygen atoms in total. The average molecular weight is 280 g/mol. The zero-order chi connectivity index (χ0) is 14.5. The van der Waals surface area contributed by atoms with Gasteiger partial charge in [-0.1, -0.05) is 0 Å². The van der Waals surface area contributed by atoms with Crippen LogP contribution in [0.15, 0.2) is 6.33 Å². The number of β-amino-alcohol motifs (C(OH)–C–C–N with tert-alkyl or cyclic N) is 1. The molecule has 0 saturated carbocycles. The number of aliphatic hydroxyl groups excluding tert-OH is 1. The van der Waals surface area contributed by atoms with E-state index in [2.05, 4.69) is 15.2 Å². The first kappa shape index (κ1) is 15.0. The minimum Gasteiger partial charge on any atom is -0.395 e. The van der Waals surface area contributed by atoms with E-state index in [1.54, 1.807) is 10.9 Å². The summed E-state index contributed by atoms with van der Waals surface area (Å²) in [5.74, 6) is 0.412. The highest BCUT2D eigenvalue weighted by Crippen LogP contribution is 2.15. The van der Waals surface area contributed by atoms with Crippen molar-refractivity contribution >= 4 is 5.91 Å². The number of hydrogen-bond donors (Lipinski definition) is 2. The zero-order valence-corrected chi connectivity index (χ0v) is 12.3. The second kappa shape index (κ2) is 6.85. The number of rotatable bonds is 5. The number of aliphatic hydroxyl groups is 1. The van der Waals surface area contributed by atoms with Crippen LogP contribution in [0.3, 0.4) is 0 Å². The van der Waals surface area contributed by atoms with Crippen molar-refractivity contribution in [1.82, 2.24) is 19.8 Å². The van der Waals surface area contributed by atoms with E-state index in [0.29, 0.717) is 18.2 Å². The number of amides is 1. The molecule has 1 unspecified atom stereocenters. The lowest BCUT2D eigenvalue weighted by Crippen LogP contribution is -2.42. The first-order chi connectivity index (χ1) is 9.61. The molecule has 112 valence electrons. The Hall–Kier alpha value is -1.40. The van der Waals surface area contributed by atoms with Crippen molar-refractivity contribution in [1.29, 1.82) is 0 Å². The molecule has 1 fully saturated rings. The molecule has 1 aliphatic rings. The Labute approximate surface area is 119 Å². The summed E-state index contributed by atoms with van der Waals surface area (Å²) < 4.78 is 1.75. The van der Waals surface area contributed by atoms with E-state index in [9.17, 15) is 4.79 Å². The molecule has 2 N–H and O–H groups in total. The van der Waals surface area contributed by atoms with Crippen molar-refractivity contribution in [2.24, 2.45) is 13.0 Å². The van der Waals surface area contributed by atoms with E-state index >= 15 is 0 Å². The third kappa shape index (κ3) is 3.58. The molecular weight excluding hydrogens is 256 g/mol. The van der Waals surface area contributed by atoms with E-state index in [4.69, 9.17) is 5.11 Å². The maximum absolute atomic E-state index is 12.2. The maximum Gasteiger partial charge on any atom is 0.269 e. The fourth-order valence-electron chi connectivity index (χ4n) is 2.85. The highest BCUT2D eigenvalue weighted by molar-refractivity contribution is 5.93. The van der Waals surface area contributed by atoms with E-state index in [1.807, 2.05) is 14.0 Å². The molecule has 0 bridgehead atoms. The molecule has 0 radical (unpaired) electrons. The summed E-state index contributed by atoms with van der Waals surface area (Å²) in [5, 5.41) is 12.0. The van der Waals surface area contributed by atoms with Crippen LogP contribution >= 0.6 is 0 Å². The molecule has 2 heterocycles. The van der Waals surface area contributed by atoms with Crippen LogP contribution in [0.2, 0.25) is 0 Å². The van der Waals surface area contributed by atoms with Crippen molar-refractivity contribution < 1.29 is 9.90 Å². The second-order valence-corrected chi connectivity index (χ2v) is 5.53. The molecule has 1 amide bonds. The van der Waals surface area contributed by atoms with Crippen molar-refractivity contribution in [3.63, 3.8) is 0 Å². The number of hydrogen-bond acceptors (Lipinski definition) is 4. The number of aromatic nitrogens is 2. The number of likely N-dealkylation sites (tertiary alicyclic amines) is 1. The van der Waals surface area contributed by atoms with Gasteiger partial charge in [0.15, 0.2) is 0 Å². The fourth-order valence-corrected chi connectivity index (χ4v) is 2.85. The molecule has 1 atom stereocenters.